The second kappa shape index (κ2) is 5.16. The van der Waals surface area contributed by atoms with Gasteiger partial charge in [0.2, 0.25) is 0 Å². The molecular weight excluding hydrogens is 250 g/mol. The van der Waals surface area contributed by atoms with E-state index in [4.69, 9.17) is 4.74 Å². The molecule has 2 heterocycles. The lowest BCUT2D eigenvalue weighted by molar-refractivity contribution is -0.885. The van der Waals surface area contributed by atoms with Gasteiger partial charge in [0.05, 0.1) is 26.7 Å². The normalized spacial score (nSPS) is 30.6. The third kappa shape index (κ3) is 2.56. The van der Waals surface area contributed by atoms with E-state index in [2.05, 4.69) is 12.4 Å². The van der Waals surface area contributed by atoms with Crippen LogP contribution in [0.15, 0.2) is 0 Å². The Bertz CT molecular complexity index is 402. The van der Waals surface area contributed by atoms with E-state index in [1.54, 1.807) is 6.92 Å². The molecule has 106 valence electrons. The molecule has 0 aliphatic carbocycles. The quantitative estimate of drug-likeness (QED) is 0.466. The minimum absolute atomic E-state index is 0.238. The highest BCUT2D eigenvalue weighted by molar-refractivity contribution is 6.08. The molecule has 1 spiro atoms. The van der Waals surface area contributed by atoms with Gasteiger partial charge in [0.15, 0.2) is 0 Å². The molecule has 0 radical (unpaired) electrons. The zero-order valence-electron chi connectivity index (χ0n) is 11.3. The van der Waals surface area contributed by atoms with Crippen LogP contribution in [-0.2, 0) is 14.3 Å². The Balaban J connectivity index is 2.06. The summed E-state index contributed by atoms with van der Waals surface area (Å²) in [6.07, 6.45) is 1.23. The van der Waals surface area contributed by atoms with E-state index in [9.17, 15) is 14.4 Å². The van der Waals surface area contributed by atoms with Gasteiger partial charge in [0.25, 0.3) is 5.91 Å². The molecule has 2 N–H and O–H groups in total. The minimum atomic E-state index is -0.802. The molecule has 0 aromatic heterocycles. The van der Waals surface area contributed by atoms with Gasteiger partial charge < -0.3 is 15.0 Å². The lowest BCUT2D eigenvalue weighted by Crippen LogP contribution is -3.11. The predicted octanol–water partition coefficient (Wildman–Crippen LogP) is -1.85. The molecule has 0 aromatic rings. The molecule has 0 atom stereocenters. The Labute approximate surface area is 111 Å². The number of ether oxygens (including phenoxy) is 1. The molecular formula is C12H20N3O4+. The molecule has 7 heteroatoms. The van der Waals surface area contributed by atoms with Gasteiger partial charge in [0, 0.05) is 12.8 Å². The summed E-state index contributed by atoms with van der Waals surface area (Å²) in [6.45, 7) is 3.29. The van der Waals surface area contributed by atoms with Gasteiger partial charge in [-0.05, 0) is 6.92 Å². The first-order chi connectivity index (χ1) is 8.98. The number of rotatable bonds is 3. The molecule has 19 heavy (non-hydrogen) atoms. The summed E-state index contributed by atoms with van der Waals surface area (Å²) in [5.74, 6) is -0.848. The fourth-order valence-corrected chi connectivity index (χ4v) is 2.60. The number of nitrogens with zero attached hydrogens (tertiary/aromatic N) is 1. The highest BCUT2D eigenvalue weighted by Gasteiger charge is 2.53. The zero-order valence-corrected chi connectivity index (χ0v) is 11.3. The highest BCUT2D eigenvalue weighted by Crippen LogP contribution is 2.25. The predicted molar refractivity (Wildman–Crippen MR) is 65.5 cm³/mol. The van der Waals surface area contributed by atoms with Crippen molar-refractivity contribution in [1.29, 1.82) is 0 Å². The number of hydrogen-bond donors (Lipinski definition) is 2. The maximum absolute atomic E-state index is 12.4. The smallest absolute Gasteiger partial charge is 0.326 e. The first-order valence-electron chi connectivity index (χ1n) is 6.59. The van der Waals surface area contributed by atoms with Gasteiger partial charge in [-0.2, -0.15) is 0 Å². The van der Waals surface area contributed by atoms with Crippen LogP contribution >= 0.6 is 0 Å². The van der Waals surface area contributed by atoms with Crippen LogP contribution in [0.3, 0.4) is 0 Å². The van der Waals surface area contributed by atoms with Gasteiger partial charge in [-0.15, -0.1) is 0 Å². The van der Waals surface area contributed by atoms with E-state index < -0.39 is 17.5 Å². The Morgan fingerprint density at radius 1 is 1.42 bits per heavy atom. The highest BCUT2D eigenvalue weighted by atomic mass is 16.5. The molecule has 2 aliphatic heterocycles. The molecule has 2 saturated heterocycles. The molecule has 2 aliphatic rings. The third-order valence-corrected chi connectivity index (χ3v) is 3.80. The lowest BCUT2D eigenvalue weighted by Gasteiger charge is -2.33. The number of piperidine rings is 1. The van der Waals surface area contributed by atoms with Gasteiger partial charge in [-0.3, -0.25) is 14.5 Å². The number of quaternary nitrogens is 1. The van der Waals surface area contributed by atoms with Crippen molar-refractivity contribution < 1.29 is 24.0 Å². The number of nitrogens with one attached hydrogen (secondary N) is 2. The zero-order chi connectivity index (χ0) is 14.0. The third-order valence-electron chi connectivity index (χ3n) is 3.80. The fraction of sp³-hybridized carbons (Fsp3) is 0.750. The van der Waals surface area contributed by atoms with Crippen LogP contribution in [0.25, 0.3) is 0 Å². The van der Waals surface area contributed by atoms with Crippen LogP contribution in [-0.4, -0.2) is 61.6 Å². The van der Waals surface area contributed by atoms with Gasteiger partial charge in [-0.1, -0.05) is 0 Å². The average molecular weight is 270 g/mol. The summed E-state index contributed by atoms with van der Waals surface area (Å²) in [4.78, 5) is 38.0. The summed E-state index contributed by atoms with van der Waals surface area (Å²) < 4.78 is 4.78. The summed E-state index contributed by atoms with van der Waals surface area (Å²) in [6, 6.07) is -0.488. The number of esters is 1. The van der Waals surface area contributed by atoms with Crippen molar-refractivity contribution in [3.05, 3.63) is 0 Å². The Hall–Kier alpha value is -1.63. The van der Waals surface area contributed by atoms with Crippen molar-refractivity contribution in [2.24, 2.45) is 0 Å². The maximum atomic E-state index is 12.4. The van der Waals surface area contributed by atoms with Crippen molar-refractivity contribution in [2.45, 2.75) is 25.3 Å². The number of carbonyl (C=O) groups is 3. The molecule has 0 saturated carbocycles. The molecule has 0 unspecified atom stereocenters. The fourth-order valence-electron chi connectivity index (χ4n) is 2.60. The van der Waals surface area contributed by atoms with Crippen LogP contribution in [0, 0.1) is 0 Å². The first kappa shape index (κ1) is 13.8. The monoisotopic (exact) mass is 270 g/mol. The van der Waals surface area contributed by atoms with Crippen molar-refractivity contribution in [3.8, 4) is 0 Å². The molecule has 3 amide bonds. The SMILES string of the molecule is CCOC(=O)CN1C(=O)NC2(CC[NH+](C)CC2)C1=O. The summed E-state index contributed by atoms with van der Waals surface area (Å²) in [5.41, 5.74) is -0.802. The van der Waals surface area contributed by atoms with Crippen molar-refractivity contribution in [2.75, 3.05) is 33.3 Å². The lowest BCUT2D eigenvalue weighted by atomic mass is 9.88. The van der Waals surface area contributed by atoms with Crippen LogP contribution in [0.4, 0.5) is 4.79 Å². The first-order valence-corrected chi connectivity index (χ1v) is 6.59. The molecule has 2 rings (SSSR count). The van der Waals surface area contributed by atoms with Crippen molar-refractivity contribution >= 4 is 17.9 Å². The van der Waals surface area contributed by atoms with E-state index >= 15 is 0 Å². The largest absolute Gasteiger partial charge is 0.465 e. The molecule has 0 bridgehead atoms. The number of urea groups is 1. The summed E-state index contributed by atoms with van der Waals surface area (Å²) in [5, 5.41) is 2.75. The van der Waals surface area contributed by atoms with E-state index in [0.29, 0.717) is 12.8 Å². The summed E-state index contributed by atoms with van der Waals surface area (Å²) in [7, 11) is 2.06. The number of hydrogen-bond acceptors (Lipinski definition) is 4. The van der Waals surface area contributed by atoms with E-state index in [1.165, 1.54) is 4.90 Å². The number of imide groups is 1. The van der Waals surface area contributed by atoms with E-state index in [-0.39, 0.29) is 19.1 Å². The Morgan fingerprint density at radius 2 is 2.05 bits per heavy atom. The number of amides is 3. The molecule has 0 aromatic carbocycles. The minimum Gasteiger partial charge on any atom is -0.465 e. The van der Waals surface area contributed by atoms with Crippen molar-refractivity contribution in [3.63, 3.8) is 0 Å². The van der Waals surface area contributed by atoms with Crippen LogP contribution in [0.1, 0.15) is 19.8 Å². The second-order valence-corrected chi connectivity index (χ2v) is 5.17. The van der Waals surface area contributed by atoms with Crippen LogP contribution in [0.5, 0.6) is 0 Å². The Kier molecular flexibility index (Phi) is 3.75. The second-order valence-electron chi connectivity index (χ2n) is 5.17. The van der Waals surface area contributed by atoms with Crippen molar-refractivity contribution in [1.82, 2.24) is 10.2 Å². The van der Waals surface area contributed by atoms with Gasteiger partial charge in [0.1, 0.15) is 12.1 Å². The summed E-state index contributed by atoms with van der Waals surface area (Å²) >= 11 is 0. The molecule has 2 fully saturated rings. The topological polar surface area (TPSA) is 80.2 Å². The van der Waals surface area contributed by atoms with Crippen LogP contribution < -0.4 is 10.2 Å². The van der Waals surface area contributed by atoms with Crippen LogP contribution in [0.2, 0.25) is 0 Å². The molecule has 7 nitrogen and oxygen atoms in total. The van der Waals surface area contributed by atoms with Gasteiger partial charge in [-0.25, -0.2) is 4.79 Å². The number of likely N-dealkylation sites (tertiary alicyclic amines) is 1. The van der Waals surface area contributed by atoms with E-state index in [1.807, 2.05) is 0 Å². The van der Waals surface area contributed by atoms with E-state index in [0.717, 1.165) is 18.0 Å². The number of carbonyl (C=O) groups excluding carboxylic acids is 3. The Morgan fingerprint density at radius 3 is 2.63 bits per heavy atom. The average Bonchev–Trinajstić information content (AvgIpc) is 2.59. The van der Waals surface area contributed by atoms with Gasteiger partial charge >= 0.3 is 12.0 Å². The maximum Gasteiger partial charge on any atom is 0.326 e. The standard InChI is InChI=1S/C12H19N3O4/c1-3-19-9(16)8-15-10(17)12(13-11(15)18)4-6-14(2)7-5-12/h3-8H2,1-2H3,(H,13,18)/p+1.